The van der Waals surface area contributed by atoms with E-state index in [9.17, 15) is 4.79 Å². The molecule has 6 nitrogen and oxygen atoms in total. The maximum absolute atomic E-state index is 10.5. The normalized spacial score (nSPS) is 10.8. The fourth-order valence-electron chi connectivity index (χ4n) is 2.60. The summed E-state index contributed by atoms with van der Waals surface area (Å²) in [6.07, 6.45) is 1.42. The quantitative estimate of drug-likeness (QED) is 0.256. The SMILES string of the molecule is O=C(O)CO/N=C/c1ccc(OCc2cccc(Br)c2)c(OCc2cccc(Br)c2)c1. The highest BCUT2D eigenvalue weighted by Gasteiger charge is 2.08. The van der Waals surface area contributed by atoms with Crippen molar-refractivity contribution in [3.05, 3.63) is 92.4 Å². The number of nitrogens with zero attached hydrogens (tertiary/aromatic N) is 1. The number of aliphatic carboxylic acids is 1. The van der Waals surface area contributed by atoms with Gasteiger partial charge in [0.2, 0.25) is 6.61 Å². The van der Waals surface area contributed by atoms with Crippen LogP contribution in [0.3, 0.4) is 0 Å². The number of carbonyl (C=O) groups is 1. The average Bonchev–Trinajstić information content (AvgIpc) is 2.74. The molecule has 0 aliphatic rings. The van der Waals surface area contributed by atoms with E-state index in [1.807, 2.05) is 48.5 Å². The second-order valence-corrected chi connectivity index (χ2v) is 8.28. The fourth-order valence-corrected chi connectivity index (χ4v) is 3.50. The van der Waals surface area contributed by atoms with Crippen molar-refractivity contribution in [2.24, 2.45) is 5.16 Å². The summed E-state index contributed by atoms with van der Waals surface area (Å²) >= 11 is 6.92. The maximum Gasteiger partial charge on any atom is 0.344 e. The lowest BCUT2D eigenvalue weighted by molar-refractivity contribution is -0.142. The minimum atomic E-state index is -1.09. The van der Waals surface area contributed by atoms with E-state index in [4.69, 9.17) is 19.4 Å². The van der Waals surface area contributed by atoms with Crippen LogP contribution in [-0.2, 0) is 22.8 Å². The van der Waals surface area contributed by atoms with Crippen LogP contribution < -0.4 is 9.47 Å². The van der Waals surface area contributed by atoms with Crippen LogP contribution in [0.1, 0.15) is 16.7 Å². The minimum absolute atomic E-state index is 0.350. The predicted octanol–water partition coefficient (Wildman–Crippen LogP) is 5.80. The Morgan fingerprint density at radius 3 is 2.06 bits per heavy atom. The Labute approximate surface area is 196 Å². The molecule has 0 aromatic heterocycles. The lowest BCUT2D eigenvalue weighted by atomic mass is 10.2. The number of oxime groups is 1. The number of hydrogen-bond donors (Lipinski definition) is 1. The summed E-state index contributed by atoms with van der Waals surface area (Å²) in [4.78, 5) is 15.2. The molecule has 0 saturated carbocycles. The maximum atomic E-state index is 10.5. The molecule has 0 spiro atoms. The van der Waals surface area contributed by atoms with E-state index in [-0.39, 0.29) is 0 Å². The van der Waals surface area contributed by atoms with E-state index in [2.05, 4.69) is 37.0 Å². The largest absolute Gasteiger partial charge is 0.485 e. The van der Waals surface area contributed by atoms with Crippen molar-refractivity contribution in [1.82, 2.24) is 0 Å². The Balaban J connectivity index is 1.75. The van der Waals surface area contributed by atoms with Crippen LogP contribution in [0.4, 0.5) is 0 Å². The van der Waals surface area contributed by atoms with Gasteiger partial charge in [-0.25, -0.2) is 4.79 Å². The van der Waals surface area contributed by atoms with Crippen LogP contribution in [0.5, 0.6) is 11.5 Å². The molecule has 0 fully saturated rings. The zero-order valence-corrected chi connectivity index (χ0v) is 19.5. The van der Waals surface area contributed by atoms with E-state index >= 15 is 0 Å². The predicted molar refractivity (Wildman–Crippen MR) is 125 cm³/mol. The number of halogens is 2. The molecule has 3 rings (SSSR count). The lowest BCUT2D eigenvalue weighted by Gasteiger charge is -2.14. The van der Waals surface area contributed by atoms with Crippen molar-refractivity contribution in [3.63, 3.8) is 0 Å². The van der Waals surface area contributed by atoms with Gasteiger partial charge in [0.15, 0.2) is 11.5 Å². The molecule has 8 heteroatoms. The number of carboxylic acids is 1. The topological polar surface area (TPSA) is 77.4 Å². The summed E-state index contributed by atoms with van der Waals surface area (Å²) in [5.41, 5.74) is 2.70. The van der Waals surface area contributed by atoms with Gasteiger partial charge in [0, 0.05) is 14.5 Å². The number of carboxylic acid groups (broad SMARTS) is 1. The van der Waals surface area contributed by atoms with Crippen LogP contribution >= 0.6 is 31.9 Å². The third kappa shape index (κ3) is 7.73. The molecule has 0 aliphatic heterocycles. The van der Waals surface area contributed by atoms with E-state index in [1.54, 1.807) is 18.2 Å². The molecule has 31 heavy (non-hydrogen) atoms. The molecule has 0 aliphatic carbocycles. The van der Waals surface area contributed by atoms with E-state index in [0.717, 1.165) is 20.1 Å². The zero-order valence-electron chi connectivity index (χ0n) is 16.3. The summed E-state index contributed by atoms with van der Waals surface area (Å²) in [6.45, 7) is 0.223. The van der Waals surface area contributed by atoms with Crippen molar-refractivity contribution in [3.8, 4) is 11.5 Å². The second-order valence-electron chi connectivity index (χ2n) is 6.45. The first-order chi connectivity index (χ1) is 15.0. The van der Waals surface area contributed by atoms with Crippen LogP contribution in [0.15, 0.2) is 80.8 Å². The first-order valence-electron chi connectivity index (χ1n) is 9.25. The van der Waals surface area contributed by atoms with Gasteiger partial charge in [0.1, 0.15) is 13.2 Å². The summed E-state index contributed by atoms with van der Waals surface area (Å²) in [7, 11) is 0. The molecule has 0 unspecified atom stereocenters. The third-order valence-corrected chi connectivity index (χ3v) is 4.99. The monoisotopic (exact) mass is 547 g/mol. The molecular formula is C23H19Br2NO5. The first-order valence-corrected chi connectivity index (χ1v) is 10.8. The van der Waals surface area contributed by atoms with Gasteiger partial charge < -0.3 is 19.4 Å². The molecule has 1 N–H and O–H groups in total. The Hall–Kier alpha value is -2.84. The highest BCUT2D eigenvalue weighted by molar-refractivity contribution is 9.10. The number of benzene rings is 3. The molecular weight excluding hydrogens is 530 g/mol. The Bertz CT molecular complexity index is 1070. The van der Waals surface area contributed by atoms with Gasteiger partial charge in [-0.15, -0.1) is 0 Å². The highest BCUT2D eigenvalue weighted by Crippen LogP contribution is 2.30. The van der Waals surface area contributed by atoms with Crippen LogP contribution in [0.2, 0.25) is 0 Å². The first kappa shape index (κ1) is 22.8. The molecule has 3 aromatic carbocycles. The van der Waals surface area contributed by atoms with E-state index in [0.29, 0.717) is 30.3 Å². The van der Waals surface area contributed by atoms with Crippen molar-refractivity contribution in [1.29, 1.82) is 0 Å². The van der Waals surface area contributed by atoms with Gasteiger partial charge in [-0.05, 0) is 53.6 Å². The number of rotatable bonds is 10. The van der Waals surface area contributed by atoms with Crippen molar-refractivity contribution in [2.75, 3.05) is 6.61 Å². The number of ether oxygens (including phenoxy) is 2. The Kier molecular flexibility index (Phi) is 8.49. The van der Waals surface area contributed by atoms with Crippen molar-refractivity contribution < 1.29 is 24.2 Å². The van der Waals surface area contributed by atoms with Crippen LogP contribution in [-0.4, -0.2) is 23.9 Å². The molecule has 0 radical (unpaired) electrons. The molecule has 0 heterocycles. The van der Waals surface area contributed by atoms with Gasteiger partial charge in [-0.2, -0.15) is 0 Å². The fraction of sp³-hybridized carbons (Fsp3) is 0.130. The van der Waals surface area contributed by atoms with Gasteiger partial charge >= 0.3 is 5.97 Å². The molecule has 0 atom stereocenters. The standard InChI is InChI=1S/C23H19Br2NO5/c24-19-5-1-3-17(9-19)13-29-21-8-7-16(12-26-31-15-23(27)28)11-22(21)30-14-18-4-2-6-20(25)10-18/h1-12H,13-15H2,(H,27,28)/b26-12+. The van der Waals surface area contributed by atoms with Gasteiger partial charge in [-0.1, -0.05) is 61.3 Å². The number of hydrogen-bond acceptors (Lipinski definition) is 5. The van der Waals surface area contributed by atoms with Crippen LogP contribution in [0.25, 0.3) is 0 Å². The van der Waals surface area contributed by atoms with Crippen LogP contribution in [0, 0.1) is 0 Å². The molecule has 0 bridgehead atoms. The highest BCUT2D eigenvalue weighted by atomic mass is 79.9. The van der Waals surface area contributed by atoms with Crippen molar-refractivity contribution in [2.45, 2.75) is 13.2 Å². The van der Waals surface area contributed by atoms with E-state index < -0.39 is 12.6 Å². The molecule has 3 aromatic rings. The van der Waals surface area contributed by atoms with Gasteiger partial charge in [-0.3, -0.25) is 0 Å². The third-order valence-electron chi connectivity index (χ3n) is 4.00. The molecule has 0 amide bonds. The summed E-state index contributed by atoms with van der Waals surface area (Å²) in [6, 6.07) is 21.0. The van der Waals surface area contributed by atoms with Gasteiger partial charge in [0.25, 0.3) is 0 Å². The Morgan fingerprint density at radius 1 is 0.871 bits per heavy atom. The van der Waals surface area contributed by atoms with Crippen molar-refractivity contribution >= 4 is 44.0 Å². The van der Waals surface area contributed by atoms with Gasteiger partial charge in [0.05, 0.1) is 6.21 Å². The lowest BCUT2D eigenvalue weighted by Crippen LogP contribution is -2.03. The zero-order chi connectivity index (χ0) is 22.1. The summed E-state index contributed by atoms with van der Waals surface area (Å²) in [5.74, 6) is 0.0298. The summed E-state index contributed by atoms with van der Waals surface area (Å²) in [5, 5.41) is 12.3. The summed E-state index contributed by atoms with van der Waals surface area (Å²) < 4.78 is 14.0. The van der Waals surface area contributed by atoms with E-state index in [1.165, 1.54) is 6.21 Å². The second kappa shape index (κ2) is 11.5. The molecule has 160 valence electrons. The smallest absolute Gasteiger partial charge is 0.344 e. The minimum Gasteiger partial charge on any atom is -0.485 e. The molecule has 0 saturated heterocycles. The average molecular weight is 549 g/mol. The Morgan fingerprint density at radius 2 is 1.48 bits per heavy atom.